The minimum Gasteiger partial charge on any atom is -0.355 e. The van der Waals surface area contributed by atoms with Gasteiger partial charge in [0.1, 0.15) is 0 Å². The highest BCUT2D eigenvalue weighted by Gasteiger charge is 2.38. The highest BCUT2D eigenvalue weighted by atomic mass is 16.2. The smallest absolute Gasteiger partial charge is 0.254 e. The van der Waals surface area contributed by atoms with Crippen LogP contribution < -0.4 is 5.32 Å². The third-order valence-corrected chi connectivity index (χ3v) is 5.60. The van der Waals surface area contributed by atoms with E-state index in [1.54, 1.807) is 13.2 Å². The number of H-pyrrole nitrogens is 1. The van der Waals surface area contributed by atoms with Gasteiger partial charge in [0.25, 0.3) is 5.91 Å². The molecule has 2 amide bonds. The fraction of sp³-hybridized carbons (Fsp3) is 0.706. The van der Waals surface area contributed by atoms with Crippen LogP contribution in [0.25, 0.3) is 0 Å². The predicted octanol–water partition coefficient (Wildman–Crippen LogP) is 1.84. The van der Waals surface area contributed by atoms with Crippen LogP contribution in [-0.2, 0) is 10.2 Å². The number of aromatic amines is 1. The van der Waals surface area contributed by atoms with E-state index in [4.69, 9.17) is 0 Å². The summed E-state index contributed by atoms with van der Waals surface area (Å²) in [6.45, 7) is 3.68. The molecule has 2 aliphatic rings. The van der Waals surface area contributed by atoms with Crippen molar-refractivity contribution in [3.05, 3.63) is 17.5 Å². The molecular weight excluding hydrogens is 292 g/mol. The first-order chi connectivity index (χ1) is 11.0. The lowest BCUT2D eigenvalue weighted by Gasteiger charge is -2.40. The Kier molecular flexibility index (Phi) is 4.41. The van der Waals surface area contributed by atoms with Crippen molar-refractivity contribution >= 4 is 11.8 Å². The molecule has 0 atom stereocenters. The van der Waals surface area contributed by atoms with Crippen LogP contribution in [0.4, 0.5) is 0 Å². The lowest BCUT2D eigenvalue weighted by atomic mass is 9.76. The van der Waals surface area contributed by atoms with Crippen molar-refractivity contribution in [1.82, 2.24) is 20.4 Å². The zero-order chi connectivity index (χ0) is 16.4. The number of piperidine rings is 1. The maximum absolute atomic E-state index is 12.6. The Morgan fingerprint density at radius 1 is 1.30 bits per heavy atom. The Morgan fingerprint density at radius 3 is 2.57 bits per heavy atom. The molecule has 0 spiro atoms. The van der Waals surface area contributed by atoms with Gasteiger partial charge in [0, 0.05) is 31.5 Å². The summed E-state index contributed by atoms with van der Waals surface area (Å²) >= 11 is 0. The van der Waals surface area contributed by atoms with Gasteiger partial charge < -0.3 is 10.2 Å². The second-order valence-electron chi connectivity index (χ2n) is 7.11. The van der Waals surface area contributed by atoms with E-state index >= 15 is 0 Å². The molecule has 0 bridgehead atoms. The molecule has 1 aromatic rings. The average molecular weight is 318 g/mol. The zero-order valence-corrected chi connectivity index (χ0v) is 14.0. The van der Waals surface area contributed by atoms with E-state index in [-0.39, 0.29) is 17.2 Å². The standard InChI is InChI=1S/C17H26N4O2/c1-17(14-13(11-19-20-14)15(22)18-2)7-9-21(10-8-17)16(23)12-5-3-4-6-12/h11-12H,3-10H2,1-2H3,(H,18,22)(H,19,20). The summed E-state index contributed by atoms with van der Waals surface area (Å²) in [4.78, 5) is 26.6. The third-order valence-electron chi connectivity index (χ3n) is 5.60. The van der Waals surface area contributed by atoms with E-state index in [2.05, 4.69) is 22.4 Å². The van der Waals surface area contributed by atoms with Gasteiger partial charge in [0.15, 0.2) is 0 Å². The predicted molar refractivity (Wildman–Crippen MR) is 87.1 cm³/mol. The molecule has 1 saturated heterocycles. The first-order valence-corrected chi connectivity index (χ1v) is 8.60. The van der Waals surface area contributed by atoms with Crippen LogP contribution in [0.3, 0.4) is 0 Å². The van der Waals surface area contributed by atoms with Crippen molar-refractivity contribution in [2.75, 3.05) is 20.1 Å². The van der Waals surface area contributed by atoms with Crippen LogP contribution in [0.5, 0.6) is 0 Å². The number of hydrogen-bond donors (Lipinski definition) is 2. The summed E-state index contributed by atoms with van der Waals surface area (Å²) in [6.07, 6.45) is 7.78. The maximum Gasteiger partial charge on any atom is 0.254 e. The quantitative estimate of drug-likeness (QED) is 0.892. The van der Waals surface area contributed by atoms with Gasteiger partial charge in [-0.2, -0.15) is 5.10 Å². The molecule has 2 fully saturated rings. The van der Waals surface area contributed by atoms with Gasteiger partial charge in [-0.25, -0.2) is 0 Å². The van der Waals surface area contributed by atoms with E-state index < -0.39 is 0 Å². The highest BCUT2D eigenvalue weighted by Crippen LogP contribution is 2.37. The Labute approximate surface area is 137 Å². The van der Waals surface area contributed by atoms with Gasteiger partial charge in [-0.1, -0.05) is 19.8 Å². The molecule has 0 aromatic carbocycles. The second kappa shape index (κ2) is 6.34. The van der Waals surface area contributed by atoms with Crippen molar-refractivity contribution in [2.45, 2.75) is 50.9 Å². The summed E-state index contributed by atoms with van der Waals surface area (Å²) in [6, 6.07) is 0. The summed E-state index contributed by atoms with van der Waals surface area (Å²) in [5.74, 6) is 0.466. The molecule has 2 N–H and O–H groups in total. The molecule has 1 aliphatic carbocycles. The van der Waals surface area contributed by atoms with Gasteiger partial charge in [-0.3, -0.25) is 14.7 Å². The third kappa shape index (κ3) is 2.99. The van der Waals surface area contributed by atoms with Crippen LogP contribution in [0.1, 0.15) is 61.5 Å². The number of rotatable bonds is 3. The summed E-state index contributed by atoms with van der Waals surface area (Å²) < 4.78 is 0. The van der Waals surface area contributed by atoms with Gasteiger partial charge >= 0.3 is 0 Å². The van der Waals surface area contributed by atoms with Crippen molar-refractivity contribution < 1.29 is 9.59 Å². The van der Waals surface area contributed by atoms with Gasteiger partial charge in [0.2, 0.25) is 5.91 Å². The van der Waals surface area contributed by atoms with Crippen LogP contribution >= 0.6 is 0 Å². The van der Waals surface area contributed by atoms with E-state index in [1.165, 1.54) is 12.8 Å². The van der Waals surface area contributed by atoms with E-state index in [9.17, 15) is 9.59 Å². The lowest BCUT2D eigenvalue weighted by molar-refractivity contribution is -0.136. The monoisotopic (exact) mass is 318 g/mol. The molecular formula is C17H26N4O2. The first kappa shape index (κ1) is 16.0. The fourth-order valence-electron chi connectivity index (χ4n) is 3.95. The van der Waals surface area contributed by atoms with Crippen LogP contribution in [-0.4, -0.2) is 47.0 Å². The SMILES string of the molecule is CNC(=O)c1cn[nH]c1C1(C)CCN(C(=O)C2CCCC2)CC1. The molecule has 0 unspecified atom stereocenters. The Morgan fingerprint density at radius 2 is 1.96 bits per heavy atom. The summed E-state index contributed by atoms with van der Waals surface area (Å²) in [5.41, 5.74) is 1.38. The number of carbonyl (C=O) groups excluding carboxylic acids is 2. The number of nitrogens with zero attached hydrogens (tertiary/aromatic N) is 2. The van der Waals surface area contributed by atoms with Crippen LogP contribution in [0.2, 0.25) is 0 Å². The first-order valence-electron chi connectivity index (χ1n) is 8.60. The van der Waals surface area contributed by atoms with Gasteiger partial charge in [0.05, 0.1) is 17.5 Å². The molecule has 23 heavy (non-hydrogen) atoms. The molecule has 0 radical (unpaired) electrons. The highest BCUT2D eigenvalue weighted by molar-refractivity contribution is 5.95. The zero-order valence-electron chi connectivity index (χ0n) is 14.0. The number of hydrogen-bond acceptors (Lipinski definition) is 3. The fourth-order valence-corrected chi connectivity index (χ4v) is 3.95. The number of nitrogens with one attached hydrogen (secondary N) is 2. The van der Waals surface area contributed by atoms with Crippen LogP contribution in [0, 0.1) is 5.92 Å². The van der Waals surface area contributed by atoms with Gasteiger partial charge in [-0.15, -0.1) is 0 Å². The molecule has 6 nitrogen and oxygen atoms in total. The molecule has 1 aromatic heterocycles. The Balaban J connectivity index is 1.69. The molecule has 3 rings (SSSR count). The topological polar surface area (TPSA) is 78.1 Å². The summed E-state index contributed by atoms with van der Waals surface area (Å²) in [7, 11) is 1.63. The van der Waals surface area contributed by atoms with Crippen LogP contribution in [0.15, 0.2) is 6.20 Å². The minimum absolute atomic E-state index is 0.112. The number of likely N-dealkylation sites (tertiary alicyclic amines) is 1. The Hall–Kier alpha value is -1.85. The second-order valence-corrected chi connectivity index (χ2v) is 7.11. The van der Waals surface area contributed by atoms with E-state index in [1.807, 2.05) is 4.90 Å². The van der Waals surface area contributed by atoms with Gasteiger partial charge in [-0.05, 0) is 25.7 Å². The summed E-state index contributed by atoms with van der Waals surface area (Å²) in [5, 5.41) is 9.74. The van der Waals surface area contributed by atoms with Crippen molar-refractivity contribution in [3.63, 3.8) is 0 Å². The molecule has 6 heteroatoms. The molecule has 1 saturated carbocycles. The molecule has 126 valence electrons. The van der Waals surface area contributed by atoms with E-state index in [0.29, 0.717) is 11.5 Å². The molecule has 1 aliphatic heterocycles. The number of carbonyl (C=O) groups is 2. The Bertz CT molecular complexity index is 581. The lowest BCUT2D eigenvalue weighted by Crippen LogP contribution is -2.46. The van der Waals surface area contributed by atoms with Crippen molar-refractivity contribution in [1.29, 1.82) is 0 Å². The molecule has 2 heterocycles. The normalized spacial score (nSPS) is 21.4. The minimum atomic E-state index is -0.134. The van der Waals surface area contributed by atoms with Crippen molar-refractivity contribution in [2.24, 2.45) is 5.92 Å². The van der Waals surface area contributed by atoms with Crippen molar-refractivity contribution in [3.8, 4) is 0 Å². The number of amides is 2. The maximum atomic E-state index is 12.6. The van der Waals surface area contributed by atoms with E-state index in [0.717, 1.165) is 44.5 Å². The average Bonchev–Trinajstić information content (AvgIpc) is 3.25. The largest absolute Gasteiger partial charge is 0.355 e. The number of aromatic nitrogens is 2.